The van der Waals surface area contributed by atoms with Crippen LogP contribution >= 0.6 is 24.0 Å². The van der Waals surface area contributed by atoms with Crippen molar-refractivity contribution in [1.29, 1.82) is 0 Å². The highest BCUT2D eigenvalue weighted by atomic mass is 35.5. The van der Waals surface area contributed by atoms with Crippen LogP contribution in [0.5, 0.6) is 0 Å². The van der Waals surface area contributed by atoms with Gasteiger partial charge in [-0.15, -0.1) is 12.4 Å². The van der Waals surface area contributed by atoms with E-state index in [1.54, 1.807) is 12.1 Å². The number of rotatable bonds is 3. The Balaban J connectivity index is 0.00000144. The summed E-state index contributed by atoms with van der Waals surface area (Å²) in [5.74, 6) is 0.594. The molecule has 0 bridgehead atoms. The number of halogens is 3. The van der Waals surface area contributed by atoms with Crippen LogP contribution < -0.4 is 0 Å². The number of piperidine rings is 1. The summed E-state index contributed by atoms with van der Waals surface area (Å²) >= 11 is 5.98. The molecule has 1 saturated heterocycles. The van der Waals surface area contributed by atoms with E-state index in [-0.39, 0.29) is 18.2 Å². The molecule has 22 heavy (non-hydrogen) atoms. The minimum atomic E-state index is -0.149. The van der Waals surface area contributed by atoms with E-state index in [9.17, 15) is 4.39 Å². The maximum Gasteiger partial charge on any atom is 0.123 e. The van der Waals surface area contributed by atoms with Gasteiger partial charge in [0, 0.05) is 30.1 Å². The minimum Gasteiger partial charge on any atom is -0.298 e. The molecular weight excluding hydrogens is 320 g/mol. The Hall–Kier alpha value is -1.09. The van der Waals surface area contributed by atoms with Gasteiger partial charge in [-0.25, -0.2) is 4.39 Å². The quantitative estimate of drug-likeness (QED) is 0.786. The molecular formula is C18H18Cl2FN. The standard InChI is InChI=1S/C18H17ClFN.ClH/c19-16-6-4-14(5-7-16)18-9-15(18)11-21(12-18)10-13-2-1-3-17(20)8-13;/h1-8,15H,9-12H2;1H. The average molecular weight is 338 g/mol. The third-order valence-electron chi connectivity index (χ3n) is 4.93. The van der Waals surface area contributed by atoms with Gasteiger partial charge in [-0.05, 0) is 47.7 Å². The molecule has 4 heteroatoms. The number of benzene rings is 2. The van der Waals surface area contributed by atoms with Gasteiger partial charge in [-0.2, -0.15) is 0 Å². The van der Waals surface area contributed by atoms with Gasteiger partial charge in [0.25, 0.3) is 0 Å². The van der Waals surface area contributed by atoms with E-state index in [2.05, 4.69) is 17.0 Å². The lowest BCUT2D eigenvalue weighted by atomic mass is 9.95. The maximum absolute atomic E-state index is 13.3. The second-order valence-electron chi connectivity index (χ2n) is 6.36. The third kappa shape index (κ3) is 2.76. The molecule has 0 N–H and O–H groups in total. The lowest BCUT2D eigenvalue weighted by Gasteiger charge is -2.21. The minimum absolute atomic E-state index is 0. The van der Waals surface area contributed by atoms with Crippen LogP contribution in [-0.2, 0) is 12.0 Å². The molecule has 0 amide bonds. The highest BCUT2D eigenvalue weighted by Gasteiger charge is 2.60. The fourth-order valence-electron chi connectivity index (χ4n) is 3.83. The molecule has 0 spiro atoms. The summed E-state index contributed by atoms with van der Waals surface area (Å²) in [6.07, 6.45) is 1.27. The Kier molecular flexibility index (Phi) is 4.19. The summed E-state index contributed by atoms with van der Waals surface area (Å²) in [5.41, 5.74) is 2.78. The normalized spacial score (nSPS) is 26.4. The molecule has 2 aromatic carbocycles. The first kappa shape index (κ1) is 15.8. The summed E-state index contributed by atoms with van der Waals surface area (Å²) in [4.78, 5) is 2.44. The molecule has 116 valence electrons. The predicted octanol–water partition coefficient (Wildman–Crippen LogP) is 4.67. The lowest BCUT2D eigenvalue weighted by molar-refractivity contribution is 0.290. The molecule has 2 atom stereocenters. The van der Waals surface area contributed by atoms with Crippen molar-refractivity contribution in [3.8, 4) is 0 Å². The monoisotopic (exact) mass is 337 g/mol. The summed E-state index contributed by atoms with van der Waals surface area (Å²) in [7, 11) is 0. The van der Waals surface area contributed by atoms with Gasteiger partial charge in [0.15, 0.2) is 0 Å². The van der Waals surface area contributed by atoms with Gasteiger partial charge in [0.2, 0.25) is 0 Å². The molecule has 2 aromatic rings. The Morgan fingerprint density at radius 2 is 1.95 bits per heavy atom. The highest BCUT2D eigenvalue weighted by Crippen LogP contribution is 2.59. The Bertz CT molecular complexity index is 673. The van der Waals surface area contributed by atoms with E-state index in [1.807, 2.05) is 18.2 Å². The second-order valence-corrected chi connectivity index (χ2v) is 6.80. The molecule has 2 fully saturated rings. The van der Waals surface area contributed by atoms with E-state index in [4.69, 9.17) is 11.6 Å². The van der Waals surface area contributed by atoms with Crippen molar-refractivity contribution < 1.29 is 4.39 Å². The van der Waals surface area contributed by atoms with Crippen LogP contribution in [0.25, 0.3) is 0 Å². The number of hydrogen-bond donors (Lipinski definition) is 0. The molecule has 2 aliphatic rings. The topological polar surface area (TPSA) is 3.24 Å². The number of nitrogens with zero attached hydrogens (tertiary/aromatic N) is 1. The van der Waals surface area contributed by atoms with Gasteiger partial charge in [0.1, 0.15) is 5.82 Å². The summed E-state index contributed by atoms with van der Waals surface area (Å²) in [6.45, 7) is 3.01. The van der Waals surface area contributed by atoms with E-state index < -0.39 is 0 Å². The van der Waals surface area contributed by atoms with Crippen LogP contribution in [0.4, 0.5) is 4.39 Å². The lowest BCUT2D eigenvalue weighted by Crippen LogP contribution is -2.26. The summed E-state index contributed by atoms with van der Waals surface area (Å²) in [5, 5.41) is 0.793. The fraction of sp³-hybridized carbons (Fsp3) is 0.333. The zero-order chi connectivity index (χ0) is 14.4. The average Bonchev–Trinajstić information content (AvgIpc) is 3.02. The van der Waals surface area contributed by atoms with Crippen molar-refractivity contribution in [2.45, 2.75) is 18.4 Å². The molecule has 1 aliphatic heterocycles. The molecule has 1 aliphatic carbocycles. The Labute approximate surface area is 141 Å². The maximum atomic E-state index is 13.3. The van der Waals surface area contributed by atoms with Crippen LogP contribution in [0, 0.1) is 11.7 Å². The van der Waals surface area contributed by atoms with Gasteiger partial charge in [-0.1, -0.05) is 35.9 Å². The Morgan fingerprint density at radius 3 is 2.68 bits per heavy atom. The predicted molar refractivity (Wildman–Crippen MR) is 90.2 cm³/mol. The number of hydrogen-bond acceptors (Lipinski definition) is 1. The molecule has 0 aromatic heterocycles. The van der Waals surface area contributed by atoms with E-state index >= 15 is 0 Å². The van der Waals surface area contributed by atoms with Crippen molar-refractivity contribution in [2.24, 2.45) is 5.92 Å². The SMILES string of the molecule is Cl.Fc1cccc(CN2CC3CC3(c3ccc(Cl)cc3)C2)c1. The summed E-state index contributed by atoms with van der Waals surface area (Å²) < 4.78 is 13.3. The van der Waals surface area contributed by atoms with E-state index in [0.29, 0.717) is 5.41 Å². The van der Waals surface area contributed by atoms with Crippen molar-refractivity contribution in [2.75, 3.05) is 13.1 Å². The van der Waals surface area contributed by atoms with E-state index in [1.165, 1.54) is 18.1 Å². The van der Waals surface area contributed by atoms with Crippen LogP contribution in [0.3, 0.4) is 0 Å². The first-order valence-corrected chi connectivity index (χ1v) is 7.76. The molecule has 2 unspecified atom stereocenters. The number of fused-ring (bicyclic) bond motifs is 1. The van der Waals surface area contributed by atoms with Crippen molar-refractivity contribution in [1.82, 2.24) is 4.90 Å². The zero-order valence-corrected chi connectivity index (χ0v) is 13.7. The van der Waals surface area contributed by atoms with Gasteiger partial charge >= 0.3 is 0 Å². The first-order chi connectivity index (χ1) is 10.2. The third-order valence-corrected chi connectivity index (χ3v) is 5.18. The van der Waals surface area contributed by atoms with Gasteiger partial charge < -0.3 is 0 Å². The van der Waals surface area contributed by atoms with Gasteiger partial charge in [0.05, 0.1) is 0 Å². The van der Waals surface area contributed by atoms with Crippen molar-refractivity contribution >= 4 is 24.0 Å². The molecule has 1 nitrogen and oxygen atoms in total. The van der Waals surface area contributed by atoms with E-state index in [0.717, 1.165) is 36.1 Å². The van der Waals surface area contributed by atoms with Crippen LogP contribution in [0.15, 0.2) is 48.5 Å². The smallest absolute Gasteiger partial charge is 0.123 e. The largest absolute Gasteiger partial charge is 0.298 e. The summed E-state index contributed by atoms with van der Waals surface area (Å²) in [6, 6.07) is 15.2. The number of likely N-dealkylation sites (tertiary alicyclic amines) is 1. The fourth-order valence-corrected chi connectivity index (χ4v) is 3.96. The zero-order valence-electron chi connectivity index (χ0n) is 12.1. The van der Waals surface area contributed by atoms with Crippen molar-refractivity contribution in [3.05, 3.63) is 70.5 Å². The molecule has 1 heterocycles. The molecule has 1 saturated carbocycles. The molecule has 0 radical (unpaired) electrons. The van der Waals surface area contributed by atoms with Crippen LogP contribution in [0.1, 0.15) is 17.5 Å². The van der Waals surface area contributed by atoms with Gasteiger partial charge in [-0.3, -0.25) is 4.90 Å². The van der Waals surface area contributed by atoms with Crippen molar-refractivity contribution in [3.63, 3.8) is 0 Å². The highest BCUT2D eigenvalue weighted by molar-refractivity contribution is 6.30. The Morgan fingerprint density at radius 1 is 1.18 bits per heavy atom. The van der Waals surface area contributed by atoms with Crippen LogP contribution in [-0.4, -0.2) is 18.0 Å². The molecule has 4 rings (SSSR count). The van der Waals surface area contributed by atoms with Crippen LogP contribution in [0.2, 0.25) is 5.02 Å². The second kappa shape index (κ2) is 5.84. The first-order valence-electron chi connectivity index (χ1n) is 7.39.